The molecule has 0 atom stereocenters. The number of hydrogen-bond donors (Lipinski definition) is 1. The predicted octanol–water partition coefficient (Wildman–Crippen LogP) is 0.385. The van der Waals surface area contributed by atoms with Crippen molar-refractivity contribution in [1.29, 1.82) is 0 Å². The highest BCUT2D eigenvalue weighted by atomic mass is 19.2. The monoisotopic (exact) mass is 459 g/mol. The molecule has 4 rings (SSSR count). The normalized spacial score (nSPS) is 11.2. The van der Waals surface area contributed by atoms with Crippen LogP contribution in [0.15, 0.2) is 57.2 Å². The number of rotatable bonds is 5. The molecule has 33 heavy (non-hydrogen) atoms. The number of benzene rings is 1. The van der Waals surface area contributed by atoms with Crippen LogP contribution in [-0.4, -0.2) is 28.5 Å². The highest BCUT2D eigenvalue weighted by Crippen LogP contribution is 2.16. The molecule has 0 saturated carbocycles. The fraction of sp³-hybridized carbons (Fsp3) is 0.150. The second-order valence-electron chi connectivity index (χ2n) is 7.16. The van der Waals surface area contributed by atoms with Gasteiger partial charge in [-0.1, -0.05) is 0 Å². The molecule has 0 amide bonds. The zero-order chi connectivity index (χ0) is 23.9. The fourth-order valence-electron chi connectivity index (χ4n) is 3.23. The van der Waals surface area contributed by atoms with Gasteiger partial charge in [0.25, 0.3) is 11.1 Å². The minimum Gasteiger partial charge on any atom is -0.398 e. The molecule has 0 fully saturated rings. The van der Waals surface area contributed by atoms with Crippen LogP contribution in [0.2, 0.25) is 0 Å². The summed E-state index contributed by atoms with van der Waals surface area (Å²) in [5, 5.41) is 4.02. The number of aromatic nitrogens is 6. The van der Waals surface area contributed by atoms with Crippen LogP contribution in [0.1, 0.15) is 11.4 Å². The van der Waals surface area contributed by atoms with E-state index in [9.17, 15) is 27.6 Å². The van der Waals surface area contributed by atoms with Crippen LogP contribution in [-0.2, 0) is 20.1 Å². The molecule has 4 aromatic rings. The number of hydrogen-bond acceptors (Lipinski definition) is 6. The van der Waals surface area contributed by atoms with Crippen molar-refractivity contribution < 1.29 is 13.2 Å². The molecule has 1 aromatic carbocycles. The molecule has 0 aliphatic rings. The van der Waals surface area contributed by atoms with Gasteiger partial charge in [-0.05, 0) is 12.1 Å². The molecule has 170 valence electrons. The third kappa shape index (κ3) is 4.20. The number of anilines is 1. The summed E-state index contributed by atoms with van der Waals surface area (Å²) in [4.78, 5) is 42.4. The van der Waals surface area contributed by atoms with Crippen LogP contribution in [0.5, 0.6) is 0 Å². The average Bonchev–Trinajstić information content (AvgIpc) is 3.17. The molecule has 0 radical (unpaired) electrons. The standard InChI is InChI=1S/C20H16F3N7O3/c1-27-10-25-16(26-27)9-30-19(32)6-17(28-8-12(24)2-3-18(28)31)29(20(30)33)7-11-4-14(22)15(23)5-13(11)21/h2-6,8,10H,7,9,24H2,1H3. The van der Waals surface area contributed by atoms with Crippen LogP contribution in [0.4, 0.5) is 18.9 Å². The SMILES string of the molecule is Cn1cnc(Cn2c(=O)cc(-n3cc(N)ccc3=O)n(Cc3cc(F)c(F)cc3F)c2=O)n1. The van der Waals surface area contributed by atoms with Gasteiger partial charge in [0.05, 0.1) is 13.1 Å². The Labute approximate surface area is 182 Å². The smallest absolute Gasteiger partial charge is 0.333 e. The molecule has 3 heterocycles. The van der Waals surface area contributed by atoms with Crippen molar-refractivity contribution in [1.82, 2.24) is 28.5 Å². The maximum atomic E-state index is 14.4. The molecule has 3 aromatic heterocycles. The number of halogens is 3. The first-order chi connectivity index (χ1) is 15.6. The molecular formula is C20H16F3N7O3. The summed E-state index contributed by atoms with van der Waals surface area (Å²) in [6.07, 6.45) is 2.55. The Morgan fingerprint density at radius 2 is 1.64 bits per heavy atom. The molecular weight excluding hydrogens is 443 g/mol. The molecule has 0 spiro atoms. The van der Waals surface area contributed by atoms with E-state index in [4.69, 9.17) is 5.73 Å². The van der Waals surface area contributed by atoms with Crippen molar-refractivity contribution in [3.8, 4) is 5.82 Å². The summed E-state index contributed by atoms with van der Waals surface area (Å²) in [5.74, 6) is -3.93. The minimum atomic E-state index is -1.40. The average molecular weight is 459 g/mol. The lowest BCUT2D eigenvalue weighted by Gasteiger charge is -2.17. The Balaban J connectivity index is 1.96. The van der Waals surface area contributed by atoms with Gasteiger partial charge in [-0.25, -0.2) is 22.9 Å². The van der Waals surface area contributed by atoms with E-state index in [1.165, 1.54) is 23.3 Å². The summed E-state index contributed by atoms with van der Waals surface area (Å²) in [6, 6.07) is 4.35. The van der Waals surface area contributed by atoms with E-state index in [1.54, 1.807) is 7.05 Å². The second kappa shape index (κ2) is 8.26. The van der Waals surface area contributed by atoms with E-state index in [-0.39, 0.29) is 29.4 Å². The molecule has 0 aliphatic carbocycles. The lowest BCUT2D eigenvalue weighted by Crippen LogP contribution is -2.43. The summed E-state index contributed by atoms with van der Waals surface area (Å²) in [5.41, 5.74) is 3.13. The maximum absolute atomic E-state index is 14.4. The van der Waals surface area contributed by atoms with Crippen molar-refractivity contribution >= 4 is 5.69 Å². The lowest BCUT2D eigenvalue weighted by atomic mass is 10.2. The first-order valence-corrected chi connectivity index (χ1v) is 9.45. The lowest BCUT2D eigenvalue weighted by molar-refractivity contribution is 0.485. The minimum absolute atomic E-state index is 0.148. The van der Waals surface area contributed by atoms with E-state index >= 15 is 0 Å². The van der Waals surface area contributed by atoms with E-state index in [2.05, 4.69) is 10.1 Å². The van der Waals surface area contributed by atoms with E-state index in [0.29, 0.717) is 12.1 Å². The summed E-state index contributed by atoms with van der Waals surface area (Å²) < 4.78 is 45.4. The number of nitrogens with two attached hydrogens (primary N) is 1. The second-order valence-corrected chi connectivity index (χ2v) is 7.16. The number of nitrogen functional groups attached to an aromatic ring is 1. The Bertz CT molecular complexity index is 1550. The van der Waals surface area contributed by atoms with E-state index in [1.807, 2.05) is 0 Å². The highest BCUT2D eigenvalue weighted by Gasteiger charge is 2.18. The number of nitrogens with zero attached hydrogens (tertiary/aromatic N) is 6. The summed E-state index contributed by atoms with van der Waals surface area (Å²) >= 11 is 0. The van der Waals surface area contributed by atoms with Crippen LogP contribution in [0.3, 0.4) is 0 Å². The third-order valence-electron chi connectivity index (χ3n) is 4.80. The highest BCUT2D eigenvalue weighted by molar-refractivity contribution is 5.38. The molecule has 2 N–H and O–H groups in total. The van der Waals surface area contributed by atoms with Gasteiger partial charge in [-0.3, -0.25) is 28.0 Å². The number of pyridine rings is 1. The van der Waals surface area contributed by atoms with Crippen LogP contribution < -0.4 is 22.5 Å². The van der Waals surface area contributed by atoms with Crippen molar-refractivity contribution in [2.45, 2.75) is 13.1 Å². The largest absolute Gasteiger partial charge is 0.398 e. The van der Waals surface area contributed by atoms with Gasteiger partial charge in [-0.2, -0.15) is 5.10 Å². The molecule has 0 bridgehead atoms. The van der Waals surface area contributed by atoms with Crippen LogP contribution >= 0.6 is 0 Å². The van der Waals surface area contributed by atoms with Crippen molar-refractivity contribution in [2.75, 3.05) is 5.73 Å². The van der Waals surface area contributed by atoms with Gasteiger partial charge in [0.1, 0.15) is 18.0 Å². The van der Waals surface area contributed by atoms with Crippen molar-refractivity contribution in [3.05, 3.63) is 103 Å². The van der Waals surface area contributed by atoms with E-state index < -0.39 is 40.8 Å². The Morgan fingerprint density at radius 3 is 2.33 bits per heavy atom. The quantitative estimate of drug-likeness (QED) is 0.431. The van der Waals surface area contributed by atoms with Crippen molar-refractivity contribution in [3.63, 3.8) is 0 Å². The van der Waals surface area contributed by atoms with Crippen LogP contribution in [0, 0.1) is 17.5 Å². The zero-order valence-electron chi connectivity index (χ0n) is 17.1. The van der Waals surface area contributed by atoms with Gasteiger partial charge in [0, 0.05) is 42.7 Å². The van der Waals surface area contributed by atoms with Gasteiger partial charge in [0.2, 0.25) is 0 Å². The number of aryl methyl sites for hydroxylation is 1. The Morgan fingerprint density at radius 1 is 0.909 bits per heavy atom. The third-order valence-corrected chi connectivity index (χ3v) is 4.80. The molecule has 0 saturated heterocycles. The summed E-state index contributed by atoms with van der Waals surface area (Å²) in [6.45, 7) is -0.931. The predicted molar refractivity (Wildman–Crippen MR) is 110 cm³/mol. The van der Waals surface area contributed by atoms with Gasteiger partial charge < -0.3 is 5.73 Å². The zero-order valence-corrected chi connectivity index (χ0v) is 17.1. The molecule has 10 nitrogen and oxygen atoms in total. The van der Waals surface area contributed by atoms with Gasteiger partial charge in [-0.15, -0.1) is 0 Å². The van der Waals surface area contributed by atoms with Gasteiger partial charge >= 0.3 is 5.69 Å². The molecule has 13 heteroatoms. The topological polar surface area (TPSA) is 123 Å². The first kappa shape index (κ1) is 21.8. The molecule has 0 aliphatic heterocycles. The fourth-order valence-corrected chi connectivity index (χ4v) is 3.23. The first-order valence-electron chi connectivity index (χ1n) is 9.45. The summed E-state index contributed by atoms with van der Waals surface area (Å²) in [7, 11) is 1.60. The Kier molecular flexibility index (Phi) is 5.45. The van der Waals surface area contributed by atoms with E-state index in [0.717, 1.165) is 25.8 Å². The Hall–Kier alpha value is -4.42. The maximum Gasteiger partial charge on any atom is 0.333 e. The van der Waals surface area contributed by atoms with Gasteiger partial charge in [0.15, 0.2) is 17.5 Å². The van der Waals surface area contributed by atoms with Crippen molar-refractivity contribution in [2.24, 2.45) is 7.05 Å². The van der Waals surface area contributed by atoms with Crippen LogP contribution in [0.25, 0.3) is 5.82 Å². The molecule has 0 unspecified atom stereocenters.